The molecule has 1 N–H and O–H groups in total. The van der Waals surface area contributed by atoms with E-state index in [0.717, 1.165) is 38.5 Å². The number of aryl methyl sites for hydroxylation is 1. The number of ether oxygens (including phenoxy) is 2. The number of aliphatic hydroxyl groups excluding tert-OH is 1. The normalized spacial score (nSPS) is 26.6. The van der Waals surface area contributed by atoms with Gasteiger partial charge in [-0.1, -0.05) is 61.0 Å². The van der Waals surface area contributed by atoms with Gasteiger partial charge < -0.3 is 14.6 Å². The van der Waals surface area contributed by atoms with Gasteiger partial charge in [-0.3, -0.25) is 10.1 Å². The molecular weight excluding hydrogens is 506 g/mol. The van der Waals surface area contributed by atoms with Crippen LogP contribution in [0.1, 0.15) is 104 Å². The van der Waals surface area contributed by atoms with Crippen molar-refractivity contribution in [1.82, 2.24) is 0 Å². The van der Waals surface area contributed by atoms with Gasteiger partial charge in [0.2, 0.25) is 0 Å². The number of nitro groups is 1. The van der Waals surface area contributed by atoms with E-state index in [0.29, 0.717) is 28.9 Å². The van der Waals surface area contributed by atoms with E-state index < -0.39 is 11.1 Å². The van der Waals surface area contributed by atoms with Crippen LogP contribution in [0.25, 0.3) is 0 Å². The van der Waals surface area contributed by atoms with E-state index in [-0.39, 0.29) is 30.4 Å². The van der Waals surface area contributed by atoms with E-state index in [9.17, 15) is 20.0 Å². The summed E-state index contributed by atoms with van der Waals surface area (Å²) in [6, 6.07) is 11.1. The summed E-state index contributed by atoms with van der Waals surface area (Å²) in [5.41, 5.74) is 3.13. The highest BCUT2D eigenvalue weighted by Gasteiger charge is 2.54. The molecule has 0 aromatic heterocycles. The Bertz CT molecular complexity index is 1170. The van der Waals surface area contributed by atoms with E-state index in [1.807, 2.05) is 12.1 Å². The Hall–Kier alpha value is -2.93. The number of hydrogen-bond donors (Lipinski definition) is 1. The highest BCUT2D eigenvalue weighted by atomic mass is 16.7. The molecule has 5 unspecified atom stereocenters. The Morgan fingerprint density at radius 2 is 1.65 bits per heavy atom. The van der Waals surface area contributed by atoms with Crippen LogP contribution in [0.4, 0.5) is 10.5 Å². The Balaban J connectivity index is 0.000000492. The average Bonchev–Trinajstić information content (AvgIpc) is 3.23. The molecule has 7 heteroatoms. The fourth-order valence-electron chi connectivity index (χ4n) is 6.69. The highest BCUT2D eigenvalue weighted by Crippen LogP contribution is 2.60. The molecule has 2 fully saturated rings. The maximum Gasteiger partial charge on any atom is 0.519 e. The summed E-state index contributed by atoms with van der Waals surface area (Å²) in [7, 11) is 0. The summed E-state index contributed by atoms with van der Waals surface area (Å²) in [6.07, 6.45) is 7.75. The quantitative estimate of drug-likeness (QED) is 0.172. The lowest BCUT2D eigenvalue weighted by Crippen LogP contribution is -2.43. The lowest BCUT2D eigenvalue weighted by molar-refractivity contribution is -0.384. The first-order valence-corrected chi connectivity index (χ1v) is 14.4. The number of nitro benzene ring substituents is 1. The third kappa shape index (κ3) is 6.68. The molecule has 5 rings (SSSR count). The third-order valence-corrected chi connectivity index (χ3v) is 10.0. The van der Waals surface area contributed by atoms with Crippen LogP contribution in [0.5, 0.6) is 11.5 Å². The Labute approximate surface area is 239 Å². The first kappa shape index (κ1) is 31.6. The van der Waals surface area contributed by atoms with Crippen LogP contribution in [-0.2, 0) is 6.42 Å². The number of hydrogen-bond acceptors (Lipinski definition) is 6. The molecule has 3 aliphatic rings. The molecule has 2 aromatic carbocycles. The van der Waals surface area contributed by atoms with Crippen molar-refractivity contribution in [1.29, 1.82) is 0 Å². The molecule has 0 bridgehead atoms. The van der Waals surface area contributed by atoms with Gasteiger partial charge in [0.25, 0.3) is 5.69 Å². The van der Waals surface area contributed by atoms with Crippen LogP contribution in [0, 0.1) is 32.8 Å². The van der Waals surface area contributed by atoms with E-state index in [2.05, 4.69) is 40.7 Å². The van der Waals surface area contributed by atoms with E-state index in [1.165, 1.54) is 48.2 Å². The van der Waals surface area contributed by atoms with Gasteiger partial charge in [0.15, 0.2) is 0 Å². The van der Waals surface area contributed by atoms with Crippen LogP contribution in [0.15, 0.2) is 42.5 Å². The smallest absolute Gasteiger partial charge is 0.395 e. The van der Waals surface area contributed by atoms with Crippen LogP contribution in [0.2, 0.25) is 0 Å². The van der Waals surface area contributed by atoms with Crippen molar-refractivity contribution in [3.8, 4) is 11.5 Å². The Morgan fingerprint density at radius 3 is 2.25 bits per heavy atom. The first-order chi connectivity index (χ1) is 18.5. The molecule has 3 aliphatic carbocycles. The zero-order valence-electron chi connectivity index (χ0n) is 23.9. The highest BCUT2D eigenvalue weighted by molar-refractivity contribution is 5.67. The van der Waals surface area contributed by atoms with E-state index >= 15 is 0 Å². The molecule has 2 aromatic rings. The second-order valence-electron chi connectivity index (χ2n) is 12.5. The van der Waals surface area contributed by atoms with Gasteiger partial charge in [-0.2, -0.15) is 0 Å². The number of carbonyl (C=O) groups is 1. The number of aliphatic hydroxyl groups is 1. The van der Waals surface area contributed by atoms with Gasteiger partial charge in [-0.15, -0.1) is 0 Å². The van der Waals surface area contributed by atoms with E-state index in [1.54, 1.807) is 0 Å². The van der Waals surface area contributed by atoms with Crippen molar-refractivity contribution in [3.63, 3.8) is 0 Å². The molecule has 220 valence electrons. The van der Waals surface area contributed by atoms with Crippen molar-refractivity contribution in [2.24, 2.45) is 22.7 Å². The first-order valence-electron chi connectivity index (χ1n) is 14.4. The molecule has 0 aliphatic heterocycles. The zero-order valence-corrected chi connectivity index (χ0v) is 23.9. The summed E-state index contributed by atoms with van der Waals surface area (Å²) in [5.74, 6) is 2.31. The number of non-ortho nitro benzene ring substituents is 1. The van der Waals surface area contributed by atoms with Crippen LogP contribution in [0.3, 0.4) is 0 Å². The number of fused-ring (bicyclic) bond motifs is 5. The summed E-state index contributed by atoms with van der Waals surface area (Å²) in [4.78, 5) is 22.4. The van der Waals surface area contributed by atoms with Gasteiger partial charge in [-0.05, 0) is 103 Å². The molecule has 0 saturated heterocycles. The number of benzene rings is 2. The molecule has 5 atom stereocenters. The van der Waals surface area contributed by atoms with Crippen molar-refractivity contribution in [2.75, 3.05) is 0 Å². The molecule has 40 heavy (non-hydrogen) atoms. The predicted octanol–water partition coefficient (Wildman–Crippen LogP) is 8.86. The zero-order chi connectivity index (χ0) is 28.4. The van der Waals surface area contributed by atoms with Crippen molar-refractivity contribution >= 4 is 11.8 Å². The summed E-state index contributed by atoms with van der Waals surface area (Å²) >= 11 is 0. The average molecular weight is 554 g/mol. The molecule has 2 saturated carbocycles. The van der Waals surface area contributed by atoms with Crippen molar-refractivity contribution < 1.29 is 24.3 Å². The minimum Gasteiger partial charge on any atom is -0.395 e. The second-order valence-corrected chi connectivity index (χ2v) is 12.5. The van der Waals surface area contributed by atoms with Gasteiger partial charge >= 0.3 is 6.16 Å². The maximum absolute atomic E-state index is 12.2. The van der Waals surface area contributed by atoms with Gasteiger partial charge in [0.1, 0.15) is 11.5 Å². The van der Waals surface area contributed by atoms with Crippen molar-refractivity contribution in [2.45, 2.75) is 105 Å². The predicted molar refractivity (Wildman–Crippen MR) is 158 cm³/mol. The molecule has 0 radical (unpaired) electrons. The lowest BCUT2D eigenvalue weighted by Gasteiger charge is -2.50. The van der Waals surface area contributed by atoms with Crippen LogP contribution >= 0.6 is 0 Å². The molecule has 7 nitrogen and oxygen atoms in total. The molecule has 0 spiro atoms. The topological polar surface area (TPSA) is 98.9 Å². The second kappa shape index (κ2) is 12.7. The Morgan fingerprint density at radius 1 is 1.02 bits per heavy atom. The van der Waals surface area contributed by atoms with Crippen LogP contribution < -0.4 is 9.47 Å². The van der Waals surface area contributed by atoms with Gasteiger partial charge in [0, 0.05) is 12.1 Å². The number of rotatable bonds is 5. The third-order valence-electron chi connectivity index (χ3n) is 10.0. The maximum atomic E-state index is 12.2. The van der Waals surface area contributed by atoms with Crippen LogP contribution in [-0.4, -0.2) is 22.3 Å². The van der Waals surface area contributed by atoms with Gasteiger partial charge in [-0.25, -0.2) is 4.79 Å². The SMILES string of the molecule is C.CC12CCC3c4ccc(OC(=O)Oc5ccc([N+](=O)[O-])cc5)cc4CCC3C1CCC2O.CCC(C)(C)CC. The van der Waals surface area contributed by atoms with Gasteiger partial charge in [0.05, 0.1) is 11.0 Å². The summed E-state index contributed by atoms with van der Waals surface area (Å²) < 4.78 is 10.5. The fourth-order valence-corrected chi connectivity index (χ4v) is 6.69. The standard InChI is InChI=1S/C25H27NO6.C7H16.CH4/c1-25-13-12-20-19-9-7-18(14-15(19)2-8-21(20)22(25)10-11-23(25)27)32-24(28)31-17-5-3-16(4-6-17)26(29)30;1-5-7(3,4)6-2;/h3-7,9,14,20-23,27H,2,8,10-13H2,1H3;5-6H2,1-4H3;1H4. The molecular formula is C33H47NO6. The summed E-state index contributed by atoms with van der Waals surface area (Å²) in [6.45, 7) is 11.3. The fraction of sp³-hybridized carbons (Fsp3) is 0.606. The number of nitrogens with zero attached hydrogens (tertiary/aromatic N) is 1. The summed E-state index contributed by atoms with van der Waals surface area (Å²) in [5, 5.41) is 21.3. The number of carbonyl (C=O) groups excluding carboxylic acids is 1. The minimum atomic E-state index is -0.874. The molecule has 0 amide bonds. The van der Waals surface area contributed by atoms with Crippen molar-refractivity contribution in [3.05, 3.63) is 63.7 Å². The minimum absolute atomic E-state index is 0. The monoisotopic (exact) mass is 553 g/mol. The Kier molecular flexibility index (Phi) is 10.0. The largest absolute Gasteiger partial charge is 0.519 e. The molecule has 0 heterocycles. The van der Waals surface area contributed by atoms with E-state index in [4.69, 9.17) is 9.47 Å². The lowest BCUT2D eigenvalue weighted by atomic mass is 9.55.